The predicted molar refractivity (Wildman–Crippen MR) is 81.3 cm³/mol. The van der Waals surface area contributed by atoms with Crippen molar-refractivity contribution in [2.45, 2.75) is 44.9 Å². The first-order valence-electron chi connectivity index (χ1n) is 7.28. The summed E-state index contributed by atoms with van der Waals surface area (Å²) in [5.74, 6) is 0.517. The molecule has 3 nitrogen and oxygen atoms in total. The monoisotopic (exact) mass is 337 g/mol. The quantitative estimate of drug-likeness (QED) is 0.734. The molecule has 0 spiro atoms. The number of carbonyl (C=O) groups is 1. The highest BCUT2D eigenvalue weighted by Gasteiger charge is 2.44. The molecule has 108 valence electrons. The van der Waals surface area contributed by atoms with Gasteiger partial charge in [0.15, 0.2) is 0 Å². The Hall–Kier alpha value is -0.870. The van der Waals surface area contributed by atoms with Gasteiger partial charge in [0.1, 0.15) is 12.1 Å². The Bertz CT molecular complexity index is 502. The van der Waals surface area contributed by atoms with E-state index in [1.54, 1.807) is 0 Å². The molecule has 0 saturated carbocycles. The molecule has 2 fully saturated rings. The van der Waals surface area contributed by atoms with Crippen LogP contribution in [0.25, 0.3) is 0 Å². The van der Waals surface area contributed by atoms with Crippen LogP contribution < -0.4 is 0 Å². The SMILES string of the molecule is C[C@H]1CN2[C@H](c3ccc(Br)cc3)[C@@H](C)CC[C@H]2C(=O)O1. The van der Waals surface area contributed by atoms with Crippen molar-refractivity contribution in [1.82, 2.24) is 4.90 Å². The van der Waals surface area contributed by atoms with Crippen molar-refractivity contribution < 1.29 is 9.53 Å². The first-order chi connectivity index (χ1) is 9.56. The number of rotatable bonds is 1. The van der Waals surface area contributed by atoms with Crippen molar-refractivity contribution in [3.63, 3.8) is 0 Å². The number of morpholine rings is 1. The third-order valence-electron chi connectivity index (χ3n) is 4.46. The lowest BCUT2D eigenvalue weighted by molar-refractivity contribution is -0.172. The van der Waals surface area contributed by atoms with Crippen LogP contribution in [0.3, 0.4) is 0 Å². The minimum atomic E-state index is -0.0592. The van der Waals surface area contributed by atoms with E-state index in [0.29, 0.717) is 12.0 Å². The van der Waals surface area contributed by atoms with Gasteiger partial charge in [0.2, 0.25) is 0 Å². The van der Waals surface area contributed by atoms with Crippen LogP contribution in [0.15, 0.2) is 28.7 Å². The molecule has 0 radical (unpaired) electrons. The van der Waals surface area contributed by atoms with Crippen LogP contribution in [0.4, 0.5) is 0 Å². The average Bonchev–Trinajstić information content (AvgIpc) is 2.40. The summed E-state index contributed by atoms with van der Waals surface area (Å²) in [5.41, 5.74) is 1.30. The highest BCUT2D eigenvalue weighted by molar-refractivity contribution is 9.10. The molecule has 0 unspecified atom stereocenters. The first-order valence-corrected chi connectivity index (χ1v) is 8.07. The predicted octanol–water partition coefficient (Wildman–Crippen LogP) is 3.54. The molecule has 2 aliphatic rings. The Kier molecular flexibility index (Phi) is 3.87. The standard InChI is InChI=1S/C16H20BrNO2/c1-10-3-8-14-16(19)20-11(2)9-18(14)15(10)12-4-6-13(17)7-5-12/h4-7,10-11,14-15H,3,8-9H2,1-2H3/t10-,11-,14-,15-/m0/s1. The number of piperidine rings is 1. The third kappa shape index (κ3) is 2.51. The maximum Gasteiger partial charge on any atom is 0.323 e. The number of carbonyl (C=O) groups excluding carboxylic acids is 1. The van der Waals surface area contributed by atoms with Crippen molar-refractivity contribution in [3.8, 4) is 0 Å². The number of fused-ring (bicyclic) bond motifs is 1. The van der Waals surface area contributed by atoms with Gasteiger partial charge in [-0.25, -0.2) is 0 Å². The summed E-state index contributed by atoms with van der Waals surface area (Å²) in [6.45, 7) is 5.10. The normalized spacial score (nSPS) is 34.5. The Labute approximate surface area is 128 Å². The minimum Gasteiger partial charge on any atom is -0.460 e. The van der Waals surface area contributed by atoms with E-state index in [2.05, 4.69) is 52.0 Å². The van der Waals surface area contributed by atoms with Gasteiger partial charge < -0.3 is 4.74 Å². The van der Waals surface area contributed by atoms with Crippen LogP contribution in [0.2, 0.25) is 0 Å². The number of halogens is 1. The second-order valence-electron chi connectivity index (χ2n) is 6.01. The lowest BCUT2D eigenvalue weighted by atomic mass is 9.82. The van der Waals surface area contributed by atoms with E-state index in [-0.39, 0.29) is 18.1 Å². The highest BCUT2D eigenvalue weighted by Crippen LogP contribution is 2.41. The van der Waals surface area contributed by atoms with Crippen LogP contribution in [0.1, 0.15) is 38.3 Å². The van der Waals surface area contributed by atoms with Crippen LogP contribution in [0.5, 0.6) is 0 Å². The number of benzene rings is 1. The van der Waals surface area contributed by atoms with Crippen LogP contribution >= 0.6 is 15.9 Å². The molecule has 2 heterocycles. The molecule has 20 heavy (non-hydrogen) atoms. The lowest BCUT2D eigenvalue weighted by Gasteiger charge is -2.48. The maximum atomic E-state index is 12.1. The van der Waals surface area contributed by atoms with Gasteiger partial charge in [-0.3, -0.25) is 9.69 Å². The Morgan fingerprint density at radius 1 is 1.20 bits per heavy atom. The van der Waals surface area contributed by atoms with Crippen LogP contribution in [-0.4, -0.2) is 29.6 Å². The molecule has 0 amide bonds. The van der Waals surface area contributed by atoms with Gasteiger partial charge in [0.25, 0.3) is 0 Å². The molecule has 0 N–H and O–H groups in total. The molecule has 3 rings (SSSR count). The van der Waals surface area contributed by atoms with E-state index in [1.165, 1.54) is 5.56 Å². The second kappa shape index (κ2) is 5.49. The Morgan fingerprint density at radius 2 is 1.90 bits per heavy atom. The number of hydrogen-bond acceptors (Lipinski definition) is 3. The zero-order valence-electron chi connectivity index (χ0n) is 11.9. The molecule has 4 heteroatoms. The number of nitrogens with zero attached hydrogens (tertiary/aromatic N) is 1. The van der Waals surface area contributed by atoms with Gasteiger partial charge in [0.05, 0.1) is 0 Å². The fraction of sp³-hybridized carbons (Fsp3) is 0.562. The van der Waals surface area contributed by atoms with Crippen molar-refractivity contribution in [1.29, 1.82) is 0 Å². The topological polar surface area (TPSA) is 29.5 Å². The maximum absolute atomic E-state index is 12.1. The highest BCUT2D eigenvalue weighted by atomic mass is 79.9. The number of cyclic esters (lactones) is 1. The summed E-state index contributed by atoms with van der Waals surface area (Å²) >= 11 is 3.48. The molecule has 2 aliphatic heterocycles. The molecule has 2 saturated heterocycles. The van der Waals surface area contributed by atoms with Gasteiger partial charge in [0, 0.05) is 17.1 Å². The molecule has 0 bridgehead atoms. The first kappa shape index (κ1) is 14.1. The van der Waals surface area contributed by atoms with E-state index >= 15 is 0 Å². The second-order valence-corrected chi connectivity index (χ2v) is 6.93. The summed E-state index contributed by atoms with van der Waals surface area (Å²) in [6.07, 6.45) is 1.98. The summed E-state index contributed by atoms with van der Waals surface area (Å²) in [6, 6.07) is 8.75. The number of ether oxygens (including phenoxy) is 1. The zero-order chi connectivity index (χ0) is 14.3. The molecule has 0 aromatic heterocycles. The van der Waals surface area contributed by atoms with E-state index in [9.17, 15) is 4.79 Å². The van der Waals surface area contributed by atoms with Crippen LogP contribution in [0, 0.1) is 5.92 Å². The fourth-order valence-corrected chi connectivity index (χ4v) is 3.81. The number of hydrogen-bond donors (Lipinski definition) is 0. The zero-order valence-corrected chi connectivity index (χ0v) is 13.5. The summed E-state index contributed by atoms with van der Waals surface area (Å²) in [4.78, 5) is 14.5. The van der Waals surface area contributed by atoms with Gasteiger partial charge in [-0.05, 0) is 43.4 Å². The third-order valence-corrected chi connectivity index (χ3v) is 4.99. The molecule has 1 aromatic rings. The van der Waals surface area contributed by atoms with E-state index in [0.717, 1.165) is 23.9 Å². The van der Waals surface area contributed by atoms with Crippen molar-refractivity contribution >= 4 is 21.9 Å². The smallest absolute Gasteiger partial charge is 0.323 e. The molecule has 0 aliphatic carbocycles. The summed E-state index contributed by atoms with van der Waals surface area (Å²) in [5, 5.41) is 0. The lowest BCUT2D eigenvalue weighted by Crippen LogP contribution is -2.56. The molecular formula is C16H20BrNO2. The minimum absolute atomic E-state index is 0.0120. The van der Waals surface area contributed by atoms with Crippen molar-refractivity contribution in [2.75, 3.05) is 6.54 Å². The van der Waals surface area contributed by atoms with Crippen LogP contribution in [-0.2, 0) is 9.53 Å². The van der Waals surface area contributed by atoms with E-state index in [1.807, 2.05) is 6.92 Å². The summed E-state index contributed by atoms with van der Waals surface area (Å²) in [7, 11) is 0. The van der Waals surface area contributed by atoms with E-state index < -0.39 is 0 Å². The fourth-order valence-electron chi connectivity index (χ4n) is 3.55. The Morgan fingerprint density at radius 3 is 2.60 bits per heavy atom. The van der Waals surface area contributed by atoms with Gasteiger partial charge >= 0.3 is 5.97 Å². The largest absolute Gasteiger partial charge is 0.460 e. The number of esters is 1. The Balaban J connectivity index is 1.93. The van der Waals surface area contributed by atoms with Crippen molar-refractivity contribution in [3.05, 3.63) is 34.3 Å². The van der Waals surface area contributed by atoms with Crippen molar-refractivity contribution in [2.24, 2.45) is 5.92 Å². The molecule has 4 atom stereocenters. The summed E-state index contributed by atoms with van der Waals surface area (Å²) < 4.78 is 6.50. The van der Waals surface area contributed by atoms with Gasteiger partial charge in [-0.2, -0.15) is 0 Å². The average molecular weight is 338 g/mol. The van der Waals surface area contributed by atoms with Gasteiger partial charge in [-0.1, -0.05) is 35.0 Å². The van der Waals surface area contributed by atoms with Gasteiger partial charge in [-0.15, -0.1) is 0 Å². The molecular weight excluding hydrogens is 318 g/mol. The van der Waals surface area contributed by atoms with E-state index in [4.69, 9.17) is 4.74 Å². The molecule has 1 aromatic carbocycles.